The van der Waals surface area contributed by atoms with Gasteiger partial charge < -0.3 is 25.6 Å². The van der Waals surface area contributed by atoms with Crippen LogP contribution in [-0.2, 0) is 16.0 Å². The maximum absolute atomic E-state index is 11.1. The van der Waals surface area contributed by atoms with Gasteiger partial charge in [-0.3, -0.25) is 4.79 Å². The van der Waals surface area contributed by atoms with Crippen LogP contribution in [0.4, 0.5) is 24.5 Å². The van der Waals surface area contributed by atoms with Crippen molar-refractivity contribution in [3.63, 3.8) is 0 Å². The van der Waals surface area contributed by atoms with Crippen LogP contribution in [0.3, 0.4) is 0 Å². The number of amides is 1. The second-order valence-corrected chi connectivity index (χ2v) is 6.76. The van der Waals surface area contributed by atoms with E-state index in [4.69, 9.17) is 9.90 Å². The summed E-state index contributed by atoms with van der Waals surface area (Å²) in [7, 11) is 0. The molecule has 0 fully saturated rings. The number of para-hydroxylation sites is 1. The number of carboxylic acid groups (broad SMARTS) is 1. The molecule has 4 N–H and O–H groups in total. The SMILES string of the molecule is CC(=O)NCCc1cc(O)c2[nH+]ccc3c2c1Nc1ccccc1-3.O=C([O-])C(F)(F)F. The molecule has 0 spiro atoms. The number of phenolic OH excluding ortho intramolecular Hbond substituents is 1. The number of halogens is 3. The van der Waals surface area contributed by atoms with Gasteiger partial charge in [-0.2, -0.15) is 13.2 Å². The number of aliphatic carboxylic acids is 1. The minimum atomic E-state index is -5.19. The first-order valence-electron chi connectivity index (χ1n) is 9.18. The molecule has 3 aromatic rings. The van der Waals surface area contributed by atoms with Gasteiger partial charge in [-0.15, -0.1) is 0 Å². The Morgan fingerprint density at radius 3 is 2.52 bits per heavy atom. The summed E-state index contributed by atoms with van der Waals surface area (Å²) in [5.74, 6) is -2.84. The van der Waals surface area contributed by atoms with Gasteiger partial charge in [0, 0.05) is 36.3 Å². The van der Waals surface area contributed by atoms with Crippen molar-refractivity contribution in [1.82, 2.24) is 5.32 Å². The molecule has 2 aromatic carbocycles. The largest absolute Gasteiger partial charge is 0.542 e. The van der Waals surface area contributed by atoms with Gasteiger partial charge in [-0.05, 0) is 24.1 Å². The summed E-state index contributed by atoms with van der Waals surface area (Å²) in [6.07, 6.45) is -2.71. The zero-order chi connectivity index (χ0) is 22.8. The summed E-state index contributed by atoms with van der Waals surface area (Å²) in [5.41, 5.74) is 5.92. The second-order valence-electron chi connectivity index (χ2n) is 6.76. The van der Waals surface area contributed by atoms with Crippen molar-refractivity contribution in [3.05, 3.63) is 48.2 Å². The number of anilines is 2. The number of carbonyl (C=O) groups is 2. The molecular weight excluding hydrogens is 415 g/mol. The average molecular weight is 433 g/mol. The van der Waals surface area contributed by atoms with E-state index in [1.165, 1.54) is 6.92 Å². The molecular formula is C21H18F3N3O4. The third-order valence-corrected chi connectivity index (χ3v) is 4.61. The van der Waals surface area contributed by atoms with Crippen LogP contribution in [0.2, 0.25) is 0 Å². The molecule has 1 aromatic heterocycles. The Kier molecular flexibility index (Phi) is 6.00. The highest BCUT2D eigenvalue weighted by Crippen LogP contribution is 2.46. The zero-order valence-corrected chi connectivity index (χ0v) is 16.3. The van der Waals surface area contributed by atoms with Gasteiger partial charge >= 0.3 is 6.18 Å². The van der Waals surface area contributed by atoms with Gasteiger partial charge in [0.05, 0.1) is 11.1 Å². The van der Waals surface area contributed by atoms with E-state index in [1.807, 2.05) is 30.5 Å². The number of alkyl halides is 3. The highest BCUT2D eigenvalue weighted by atomic mass is 19.4. The van der Waals surface area contributed by atoms with Crippen LogP contribution in [0.15, 0.2) is 42.6 Å². The first kappa shape index (κ1) is 21.9. The number of carbonyl (C=O) groups excluding carboxylic acids is 2. The number of hydrogen-bond acceptors (Lipinski definition) is 5. The quantitative estimate of drug-likeness (QED) is 0.428. The van der Waals surface area contributed by atoms with Crippen molar-refractivity contribution >= 4 is 34.2 Å². The molecule has 2 heterocycles. The van der Waals surface area contributed by atoms with Crippen LogP contribution in [0.1, 0.15) is 12.5 Å². The number of rotatable bonds is 3. The number of aromatic hydroxyl groups is 1. The lowest BCUT2D eigenvalue weighted by molar-refractivity contribution is -0.345. The molecule has 7 nitrogen and oxygen atoms in total. The van der Waals surface area contributed by atoms with Crippen LogP contribution in [-0.4, -0.2) is 29.7 Å². The highest BCUT2D eigenvalue weighted by Gasteiger charge is 2.29. The molecule has 0 saturated heterocycles. The summed E-state index contributed by atoms with van der Waals surface area (Å²) in [6, 6.07) is 11.9. The third-order valence-electron chi connectivity index (χ3n) is 4.61. The topological polar surface area (TPSA) is 116 Å². The normalized spacial score (nSPS) is 11.6. The first-order valence-corrected chi connectivity index (χ1v) is 9.18. The van der Waals surface area contributed by atoms with Crippen molar-refractivity contribution in [3.8, 4) is 16.9 Å². The summed E-state index contributed by atoms with van der Waals surface area (Å²) < 4.78 is 31.5. The minimum Gasteiger partial charge on any atom is -0.542 e. The van der Waals surface area contributed by atoms with Crippen molar-refractivity contribution in [1.29, 1.82) is 0 Å². The number of nitrogens with one attached hydrogen (secondary N) is 3. The summed E-state index contributed by atoms with van der Waals surface area (Å²) in [5, 5.41) is 26.5. The molecule has 31 heavy (non-hydrogen) atoms. The van der Waals surface area contributed by atoms with Crippen LogP contribution >= 0.6 is 0 Å². The molecule has 0 radical (unpaired) electrons. The van der Waals surface area contributed by atoms with Crippen LogP contribution < -0.4 is 20.7 Å². The summed E-state index contributed by atoms with van der Waals surface area (Å²) in [4.78, 5) is 23.0. The number of carboxylic acids is 1. The van der Waals surface area contributed by atoms with Crippen LogP contribution in [0, 0.1) is 0 Å². The Balaban J connectivity index is 0.000000339. The Labute approximate surface area is 174 Å². The van der Waals surface area contributed by atoms with E-state index in [2.05, 4.69) is 21.7 Å². The standard InChI is InChI=1S/C19H17N3O2.C2HF3O2/c1-11(23)20-8-6-12-10-16(24)19-17-14(7-9-21-19)13-4-2-3-5-15(13)22-18(12)17;3-2(4,5)1(6)7/h2-5,7,9-10,22,24H,6,8H2,1H3,(H,20,23);(H,6,7). The molecule has 0 unspecified atom stereocenters. The van der Waals surface area contributed by atoms with E-state index in [0.29, 0.717) is 18.5 Å². The highest BCUT2D eigenvalue weighted by molar-refractivity contribution is 6.11. The lowest BCUT2D eigenvalue weighted by Crippen LogP contribution is -2.37. The molecule has 1 amide bonds. The number of benzene rings is 2. The number of pyridine rings is 1. The number of H-pyrrole nitrogens is 1. The average Bonchev–Trinajstić information content (AvgIpc) is 2.70. The first-order chi connectivity index (χ1) is 14.6. The zero-order valence-electron chi connectivity index (χ0n) is 16.3. The minimum absolute atomic E-state index is 0.0546. The number of aromatic amines is 1. The van der Waals surface area contributed by atoms with E-state index in [-0.39, 0.29) is 11.7 Å². The lowest BCUT2D eigenvalue weighted by atomic mass is 9.92. The van der Waals surface area contributed by atoms with E-state index in [1.54, 1.807) is 6.07 Å². The fourth-order valence-electron chi connectivity index (χ4n) is 3.33. The van der Waals surface area contributed by atoms with E-state index in [0.717, 1.165) is 33.5 Å². The molecule has 0 saturated carbocycles. The fraction of sp³-hybridized carbons (Fsp3) is 0.190. The molecule has 1 aliphatic heterocycles. The van der Waals surface area contributed by atoms with Crippen molar-refractivity contribution < 1.29 is 38.0 Å². The maximum Gasteiger partial charge on any atom is 0.430 e. The molecule has 1 aliphatic rings. The number of phenols is 1. The number of hydrogen-bond donors (Lipinski definition) is 3. The molecule has 10 heteroatoms. The Hall–Kier alpha value is -3.82. The molecule has 0 atom stereocenters. The smallest absolute Gasteiger partial charge is 0.430 e. The van der Waals surface area contributed by atoms with E-state index >= 15 is 0 Å². The van der Waals surface area contributed by atoms with Gasteiger partial charge in [0.25, 0.3) is 5.52 Å². The van der Waals surface area contributed by atoms with E-state index in [9.17, 15) is 23.1 Å². The molecule has 0 bridgehead atoms. The van der Waals surface area contributed by atoms with Crippen LogP contribution in [0.5, 0.6) is 5.75 Å². The predicted molar refractivity (Wildman–Crippen MR) is 104 cm³/mol. The number of fused-ring (bicyclic) bond motifs is 2. The van der Waals surface area contributed by atoms with Gasteiger partial charge in [-0.25, -0.2) is 4.98 Å². The van der Waals surface area contributed by atoms with Crippen molar-refractivity contribution in [2.45, 2.75) is 19.5 Å². The van der Waals surface area contributed by atoms with Gasteiger partial charge in [0.2, 0.25) is 5.91 Å². The molecule has 4 rings (SSSR count). The maximum atomic E-state index is 11.1. The van der Waals surface area contributed by atoms with Crippen molar-refractivity contribution in [2.75, 3.05) is 11.9 Å². The monoisotopic (exact) mass is 433 g/mol. The van der Waals surface area contributed by atoms with Gasteiger partial charge in [-0.1, -0.05) is 18.2 Å². The molecule has 0 aliphatic carbocycles. The Morgan fingerprint density at radius 2 is 1.87 bits per heavy atom. The summed E-state index contributed by atoms with van der Waals surface area (Å²) in [6.45, 7) is 2.03. The number of aromatic nitrogens is 1. The summed E-state index contributed by atoms with van der Waals surface area (Å²) >= 11 is 0. The van der Waals surface area contributed by atoms with E-state index < -0.39 is 12.1 Å². The van der Waals surface area contributed by atoms with Crippen LogP contribution in [0.25, 0.3) is 22.0 Å². The second kappa shape index (κ2) is 8.50. The predicted octanol–water partition coefficient (Wildman–Crippen LogP) is 2.06. The Bertz CT molecular complexity index is 1160. The van der Waals surface area contributed by atoms with Gasteiger partial charge in [0.1, 0.15) is 5.97 Å². The lowest BCUT2D eigenvalue weighted by Gasteiger charge is -2.23. The van der Waals surface area contributed by atoms with Crippen molar-refractivity contribution in [2.24, 2.45) is 0 Å². The fourth-order valence-corrected chi connectivity index (χ4v) is 3.33. The van der Waals surface area contributed by atoms with Gasteiger partial charge in [0.15, 0.2) is 11.9 Å². The Morgan fingerprint density at radius 1 is 1.19 bits per heavy atom. The molecule has 162 valence electrons. The third kappa shape index (κ3) is 4.68.